The number of nitrogens with zero attached hydrogens (tertiary/aromatic N) is 2. The van der Waals surface area contributed by atoms with Gasteiger partial charge in [-0.2, -0.15) is 0 Å². The topological polar surface area (TPSA) is 33.2 Å². The summed E-state index contributed by atoms with van der Waals surface area (Å²) in [6, 6.07) is 9.77. The number of anilines is 1. The molecular weight excluding hydrogens is 363 g/mol. The van der Waals surface area contributed by atoms with Gasteiger partial charge in [-0.25, -0.2) is 4.98 Å². The number of thioether (sulfide) groups is 1. The summed E-state index contributed by atoms with van der Waals surface area (Å²) in [4.78, 5) is 20.1. The van der Waals surface area contributed by atoms with E-state index in [1.54, 1.807) is 6.07 Å². The molecule has 1 aromatic heterocycles. The molecule has 0 radical (unpaired) electrons. The highest BCUT2D eigenvalue weighted by Crippen LogP contribution is 2.37. The predicted octanol–water partition coefficient (Wildman–Crippen LogP) is 5.16. The van der Waals surface area contributed by atoms with Crippen LogP contribution in [0.3, 0.4) is 0 Å². The molecule has 1 unspecified atom stereocenters. The van der Waals surface area contributed by atoms with Crippen molar-refractivity contribution in [3.05, 3.63) is 51.8 Å². The summed E-state index contributed by atoms with van der Waals surface area (Å²) in [5.41, 5.74) is 2.30. The van der Waals surface area contributed by atoms with Crippen molar-refractivity contribution in [1.82, 2.24) is 4.98 Å². The fraction of sp³-hybridized carbons (Fsp3) is 0.333. The van der Waals surface area contributed by atoms with Gasteiger partial charge in [0.1, 0.15) is 5.15 Å². The molecule has 0 spiro atoms. The highest BCUT2D eigenvalue weighted by molar-refractivity contribution is 8.00. The van der Waals surface area contributed by atoms with Crippen LogP contribution in [0.5, 0.6) is 0 Å². The number of benzene rings is 1. The third kappa shape index (κ3) is 3.71. The molecule has 6 heteroatoms. The molecule has 0 aliphatic carbocycles. The Labute approximate surface area is 156 Å². The van der Waals surface area contributed by atoms with Gasteiger partial charge in [0.15, 0.2) is 0 Å². The van der Waals surface area contributed by atoms with Crippen LogP contribution in [-0.2, 0) is 11.2 Å². The quantitative estimate of drug-likeness (QED) is 0.674. The maximum absolute atomic E-state index is 13.0. The van der Waals surface area contributed by atoms with E-state index in [4.69, 9.17) is 23.2 Å². The zero-order valence-corrected chi connectivity index (χ0v) is 15.9. The summed E-state index contributed by atoms with van der Waals surface area (Å²) in [6.07, 6.45) is 1.09. The molecule has 3 nitrogen and oxygen atoms in total. The summed E-state index contributed by atoms with van der Waals surface area (Å²) >= 11 is 14.3. The largest absolute Gasteiger partial charge is 0.311 e. The molecule has 126 valence electrons. The van der Waals surface area contributed by atoms with E-state index in [-0.39, 0.29) is 12.3 Å². The Balaban J connectivity index is 1.91. The zero-order valence-electron chi connectivity index (χ0n) is 13.6. The molecule has 2 heterocycles. The predicted molar refractivity (Wildman–Crippen MR) is 101 cm³/mol. The number of hydrogen-bond donors (Lipinski definition) is 0. The van der Waals surface area contributed by atoms with E-state index in [1.165, 1.54) is 0 Å². The Hall–Kier alpha value is -1.23. The Morgan fingerprint density at radius 3 is 2.88 bits per heavy atom. The van der Waals surface area contributed by atoms with Crippen LogP contribution in [0.1, 0.15) is 24.6 Å². The summed E-state index contributed by atoms with van der Waals surface area (Å²) in [5.74, 6) is -0.00777. The molecule has 0 saturated heterocycles. The molecule has 0 fully saturated rings. The molecule has 0 N–H and O–H groups in total. The SMILES string of the molecule is Cc1cc(Cl)c(CC(=O)N2CCC(C)Sc3ccccc32)c(Cl)n1. The Bertz CT molecular complexity index is 758. The second kappa shape index (κ2) is 7.34. The fourth-order valence-electron chi connectivity index (χ4n) is 2.77. The molecule has 1 aromatic carbocycles. The average molecular weight is 381 g/mol. The van der Waals surface area contributed by atoms with Crippen molar-refractivity contribution in [2.24, 2.45) is 0 Å². The molecular formula is C18H18Cl2N2OS. The number of carbonyl (C=O) groups excluding carboxylic acids is 1. The van der Waals surface area contributed by atoms with Crippen LogP contribution in [0.2, 0.25) is 10.2 Å². The maximum atomic E-state index is 13.0. The Morgan fingerprint density at radius 2 is 2.12 bits per heavy atom. The summed E-state index contributed by atoms with van der Waals surface area (Å²) in [7, 11) is 0. The molecule has 0 bridgehead atoms. The Kier molecular flexibility index (Phi) is 5.38. The zero-order chi connectivity index (χ0) is 17.3. The summed E-state index contributed by atoms with van der Waals surface area (Å²) < 4.78 is 0. The first-order valence-corrected chi connectivity index (χ1v) is 9.47. The van der Waals surface area contributed by atoms with Gasteiger partial charge in [-0.1, -0.05) is 42.3 Å². The number of amides is 1. The number of halogens is 2. The van der Waals surface area contributed by atoms with Gasteiger partial charge in [-0.3, -0.25) is 4.79 Å². The smallest absolute Gasteiger partial charge is 0.231 e. The first kappa shape index (κ1) is 17.6. The molecule has 24 heavy (non-hydrogen) atoms. The lowest BCUT2D eigenvalue weighted by Gasteiger charge is -2.23. The van der Waals surface area contributed by atoms with Crippen LogP contribution in [0.25, 0.3) is 0 Å². The van der Waals surface area contributed by atoms with Crippen molar-refractivity contribution in [3.63, 3.8) is 0 Å². The lowest BCUT2D eigenvalue weighted by atomic mass is 10.1. The van der Waals surface area contributed by atoms with Gasteiger partial charge in [-0.05, 0) is 31.5 Å². The van der Waals surface area contributed by atoms with E-state index in [9.17, 15) is 4.79 Å². The van der Waals surface area contributed by atoms with Crippen LogP contribution >= 0.6 is 35.0 Å². The second-order valence-electron chi connectivity index (χ2n) is 5.92. The van der Waals surface area contributed by atoms with Gasteiger partial charge in [-0.15, -0.1) is 11.8 Å². The number of fused-ring (bicyclic) bond motifs is 1. The summed E-state index contributed by atoms with van der Waals surface area (Å²) in [5, 5.41) is 1.27. The van der Waals surface area contributed by atoms with E-state index < -0.39 is 0 Å². The highest BCUT2D eigenvalue weighted by atomic mass is 35.5. The minimum Gasteiger partial charge on any atom is -0.311 e. The molecule has 1 aliphatic rings. The molecule has 3 rings (SSSR count). The minimum atomic E-state index is -0.00777. The van der Waals surface area contributed by atoms with Crippen molar-refractivity contribution in [1.29, 1.82) is 0 Å². The van der Waals surface area contributed by atoms with Crippen LogP contribution in [0, 0.1) is 6.92 Å². The number of para-hydroxylation sites is 1. The standard InChI is InChI=1S/C18H18Cl2N2OS/c1-11-9-14(19)13(18(20)21-11)10-17(23)22-8-7-12(2)24-16-6-4-3-5-15(16)22/h3-6,9,12H,7-8,10H2,1-2H3. The van der Waals surface area contributed by atoms with Gasteiger partial charge in [0, 0.05) is 33.0 Å². The van der Waals surface area contributed by atoms with Gasteiger partial charge in [0.05, 0.1) is 12.1 Å². The van der Waals surface area contributed by atoms with Gasteiger partial charge >= 0.3 is 0 Å². The van der Waals surface area contributed by atoms with Crippen molar-refractivity contribution >= 4 is 46.6 Å². The molecule has 1 atom stereocenters. The van der Waals surface area contributed by atoms with Crippen molar-refractivity contribution < 1.29 is 4.79 Å². The van der Waals surface area contributed by atoms with E-state index in [0.29, 0.717) is 27.5 Å². The lowest BCUT2D eigenvalue weighted by molar-refractivity contribution is -0.118. The molecule has 2 aromatic rings. The molecule has 1 amide bonds. The Morgan fingerprint density at radius 1 is 1.38 bits per heavy atom. The van der Waals surface area contributed by atoms with E-state index in [2.05, 4.69) is 18.0 Å². The monoisotopic (exact) mass is 380 g/mol. The highest BCUT2D eigenvalue weighted by Gasteiger charge is 2.25. The minimum absolute atomic E-state index is 0.00777. The summed E-state index contributed by atoms with van der Waals surface area (Å²) in [6.45, 7) is 4.71. The number of aryl methyl sites for hydroxylation is 1. The van der Waals surface area contributed by atoms with Gasteiger partial charge in [0.2, 0.25) is 5.91 Å². The number of pyridine rings is 1. The van der Waals surface area contributed by atoms with E-state index in [0.717, 1.165) is 22.7 Å². The average Bonchev–Trinajstić information content (AvgIpc) is 2.69. The first-order chi connectivity index (χ1) is 11.5. The number of hydrogen-bond acceptors (Lipinski definition) is 3. The molecule has 0 saturated carbocycles. The molecule has 1 aliphatic heterocycles. The number of rotatable bonds is 2. The first-order valence-electron chi connectivity index (χ1n) is 7.83. The third-order valence-corrected chi connectivity index (χ3v) is 5.91. The maximum Gasteiger partial charge on any atom is 0.231 e. The normalized spacial score (nSPS) is 17.3. The van der Waals surface area contributed by atoms with Gasteiger partial charge < -0.3 is 4.90 Å². The van der Waals surface area contributed by atoms with Crippen molar-refractivity contribution in [2.45, 2.75) is 36.8 Å². The van der Waals surface area contributed by atoms with E-state index in [1.807, 2.05) is 41.8 Å². The third-order valence-electron chi connectivity index (χ3n) is 4.02. The van der Waals surface area contributed by atoms with Gasteiger partial charge in [0.25, 0.3) is 0 Å². The number of aromatic nitrogens is 1. The lowest BCUT2D eigenvalue weighted by Crippen LogP contribution is -2.33. The van der Waals surface area contributed by atoms with Crippen LogP contribution in [0.4, 0.5) is 5.69 Å². The van der Waals surface area contributed by atoms with Crippen LogP contribution < -0.4 is 4.90 Å². The van der Waals surface area contributed by atoms with Crippen molar-refractivity contribution in [3.8, 4) is 0 Å². The van der Waals surface area contributed by atoms with Crippen LogP contribution in [-0.4, -0.2) is 22.7 Å². The van der Waals surface area contributed by atoms with E-state index >= 15 is 0 Å². The van der Waals surface area contributed by atoms with Crippen molar-refractivity contribution in [2.75, 3.05) is 11.4 Å². The fourth-order valence-corrected chi connectivity index (χ4v) is 4.55. The second-order valence-corrected chi connectivity index (χ2v) is 8.17. The van der Waals surface area contributed by atoms with Crippen LogP contribution in [0.15, 0.2) is 35.2 Å². The number of carbonyl (C=O) groups is 1.